The molecule has 1 unspecified atom stereocenters. The fourth-order valence-corrected chi connectivity index (χ4v) is 2.35. The van der Waals surface area contributed by atoms with Crippen LogP contribution >= 0.6 is 0 Å². The molecular weight excluding hydrogens is 353 g/mol. The van der Waals surface area contributed by atoms with Crippen LogP contribution in [-0.2, 0) is 0 Å². The Bertz CT molecular complexity index is 916. The zero-order valence-electron chi connectivity index (χ0n) is 13.2. The first kappa shape index (κ1) is 16.1. The number of benzene rings is 1. The maximum Gasteiger partial charge on any atom is 0.430 e. The number of ether oxygens (including phenoxy) is 1. The number of nitrogens with one attached hydrogen (secondary N) is 1. The molecule has 0 saturated heterocycles. The molecule has 1 N–H and O–H groups in total. The van der Waals surface area contributed by atoms with E-state index in [4.69, 9.17) is 9.26 Å². The molecule has 4 rings (SSSR count). The molecule has 3 heterocycles. The lowest BCUT2D eigenvalue weighted by atomic mass is 10.2. The van der Waals surface area contributed by atoms with Gasteiger partial charge in [0.25, 0.3) is 0 Å². The van der Waals surface area contributed by atoms with Gasteiger partial charge in [0.05, 0.1) is 0 Å². The average molecular weight is 364 g/mol. The number of hydrogen-bond donors (Lipinski definition) is 1. The molecule has 134 valence electrons. The van der Waals surface area contributed by atoms with Crippen molar-refractivity contribution in [1.29, 1.82) is 0 Å². The molecule has 1 atom stereocenters. The number of nitrogens with zero attached hydrogens (tertiary/aromatic N) is 5. The number of alkyl halides is 3. The molecule has 0 spiro atoms. The molecule has 2 aromatic rings. The van der Waals surface area contributed by atoms with Gasteiger partial charge in [-0.1, -0.05) is 5.16 Å². The Morgan fingerprint density at radius 3 is 2.62 bits per heavy atom. The van der Waals surface area contributed by atoms with E-state index in [-0.39, 0.29) is 11.7 Å². The maximum atomic E-state index is 13.0. The van der Waals surface area contributed by atoms with E-state index in [0.29, 0.717) is 23.0 Å². The van der Waals surface area contributed by atoms with E-state index in [2.05, 4.69) is 20.3 Å². The average Bonchev–Trinajstić information content (AvgIpc) is 3.21. The summed E-state index contributed by atoms with van der Waals surface area (Å²) in [5.74, 6) is 1.33. The van der Waals surface area contributed by atoms with Gasteiger partial charge in [0.2, 0.25) is 23.8 Å². The van der Waals surface area contributed by atoms with Gasteiger partial charge in [-0.05, 0) is 30.3 Å². The first-order valence-corrected chi connectivity index (χ1v) is 7.44. The van der Waals surface area contributed by atoms with Crippen LogP contribution in [0.3, 0.4) is 0 Å². The zero-order valence-corrected chi connectivity index (χ0v) is 13.2. The van der Waals surface area contributed by atoms with E-state index in [1.54, 1.807) is 31.2 Å². The van der Waals surface area contributed by atoms with Gasteiger partial charge >= 0.3 is 6.18 Å². The van der Waals surface area contributed by atoms with E-state index in [1.807, 2.05) is 5.43 Å². The van der Waals surface area contributed by atoms with Gasteiger partial charge in [-0.2, -0.15) is 23.3 Å². The van der Waals surface area contributed by atoms with E-state index < -0.39 is 12.3 Å². The predicted molar refractivity (Wildman–Crippen MR) is 83.9 cm³/mol. The third kappa shape index (κ3) is 2.98. The van der Waals surface area contributed by atoms with E-state index in [0.717, 1.165) is 5.01 Å². The van der Waals surface area contributed by atoms with Crippen LogP contribution in [-0.4, -0.2) is 39.2 Å². The maximum absolute atomic E-state index is 13.0. The fraction of sp³-hybridized carbons (Fsp3) is 0.200. The van der Waals surface area contributed by atoms with Crippen molar-refractivity contribution in [3.8, 4) is 17.1 Å². The minimum absolute atomic E-state index is 0.00468. The molecule has 1 aromatic carbocycles. The van der Waals surface area contributed by atoms with Crippen molar-refractivity contribution >= 4 is 11.7 Å². The second kappa shape index (κ2) is 5.86. The van der Waals surface area contributed by atoms with Crippen LogP contribution in [0, 0.1) is 6.92 Å². The van der Waals surface area contributed by atoms with Gasteiger partial charge in [-0.15, -0.1) is 5.10 Å². The summed E-state index contributed by atoms with van der Waals surface area (Å²) < 4.78 is 49.3. The third-order valence-electron chi connectivity index (χ3n) is 3.53. The number of fused-ring (bicyclic) bond motifs is 1. The van der Waals surface area contributed by atoms with Crippen LogP contribution in [0.15, 0.2) is 51.1 Å². The number of halogens is 3. The number of amidine groups is 1. The Kier molecular flexibility index (Phi) is 3.63. The standard InChI is InChI=1S/C15H11F3N6O2/c1-8-19-13(23-26-8)9-2-4-10(5-3-9)25-12-7-6-11-20-21-14(15(16,17)18)24(11)22-12/h2-7,14,21H,1H3. The van der Waals surface area contributed by atoms with Gasteiger partial charge in [0.1, 0.15) is 5.75 Å². The number of rotatable bonds is 2. The normalized spacial score (nSPS) is 18.9. The van der Waals surface area contributed by atoms with Crippen LogP contribution in [0.25, 0.3) is 11.4 Å². The van der Waals surface area contributed by atoms with Gasteiger partial charge < -0.3 is 9.26 Å². The highest BCUT2D eigenvalue weighted by molar-refractivity contribution is 6.04. The largest absolute Gasteiger partial charge is 0.438 e. The van der Waals surface area contributed by atoms with Crippen LogP contribution in [0.4, 0.5) is 13.2 Å². The Labute approximate surface area is 144 Å². The molecule has 2 aliphatic rings. The highest BCUT2D eigenvalue weighted by Crippen LogP contribution is 2.28. The monoisotopic (exact) mass is 364 g/mol. The molecule has 0 amide bonds. The fourth-order valence-electron chi connectivity index (χ4n) is 2.35. The lowest BCUT2D eigenvalue weighted by Gasteiger charge is -2.25. The number of hydrazone groups is 2. The van der Waals surface area contributed by atoms with Gasteiger partial charge in [0, 0.05) is 18.6 Å². The molecular formula is C15H11F3N6O2. The number of hydrogen-bond acceptors (Lipinski definition) is 8. The molecule has 0 fully saturated rings. The summed E-state index contributed by atoms with van der Waals surface area (Å²) in [4.78, 5) is 4.11. The van der Waals surface area contributed by atoms with Crippen molar-refractivity contribution in [1.82, 2.24) is 20.6 Å². The van der Waals surface area contributed by atoms with Crippen molar-refractivity contribution in [2.75, 3.05) is 0 Å². The first-order chi connectivity index (χ1) is 12.4. The van der Waals surface area contributed by atoms with Gasteiger partial charge in [-0.25, -0.2) is 5.01 Å². The van der Waals surface area contributed by atoms with Crippen molar-refractivity contribution in [3.63, 3.8) is 0 Å². The highest BCUT2D eigenvalue weighted by atomic mass is 19.4. The summed E-state index contributed by atoms with van der Waals surface area (Å²) >= 11 is 0. The minimum atomic E-state index is -4.53. The zero-order chi connectivity index (χ0) is 18.3. The minimum Gasteiger partial charge on any atom is -0.438 e. The highest BCUT2D eigenvalue weighted by Gasteiger charge is 2.49. The van der Waals surface area contributed by atoms with Crippen molar-refractivity contribution < 1.29 is 22.4 Å². The quantitative estimate of drug-likeness (QED) is 0.881. The molecule has 8 nitrogen and oxygen atoms in total. The number of aryl methyl sites for hydroxylation is 1. The first-order valence-electron chi connectivity index (χ1n) is 7.44. The second-order valence-electron chi connectivity index (χ2n) is 5.42. The third-order valence-corrected chi connectivity index (χ3v) is 3.53. The molecule has 0 saturated carbocycles. The topological polar surface area (TPSA) is 88.1 Å². The summed E-state index contributed by atoms with van der Waals surface area (Å²) in [6.45, 7) is 1.68. The van der Waals surface area contributed by atoms with Crippen LogP contribution in [0.5, 0.6) is 5.75 Å². The van der Waals surface area contributed by atoms with Crippen molar-refractivity contribution in [3.05, 3.63) is 42.3 Å². The molecule has 11 heteroatoms. The van der Waals surface area contributed by atoms with Crippen LogP contribution in [0.1, 0.15) is 5.89 Å². The summed E-state index contributed by atoms with van der Waals surface area (Å²) in [5, 5.41) is 12.0. The molecule has 0 radical (unpaired) electrons. The van der Waals surface area contributed by atoms with Crippen molar-refractivity contribution in [2.24, 2.45) is 10.2 Å². The number of aromatic nitrogens is 2. The molecule has 2 aliphatic heterocycles. The second-order valence-corrected chi connectivity index (χ2v) is 5.42. The molecule has 0 aliphatic carbocycles. The summed E-state index contributed by atoms with van der Waals surface area (Å²) in [6.07, 6.45) is -3.73. The Morgan fingerprint density at radius 1 is 1.19 bits per heavy atom. The summed E-state index contributed by atoms with van der Waals surface area (Å²) in [5.41, 5.74) is 2.72. The van der Waals surface area contributed by atoms with E-state index in [1.165, 1.54) is 12.2 Å². The Hall–Kier alpha value is -3.37. The van der Waals surface area contributed by atoms with E-state index >= 15 is 0 Å². The van der Waals surface area contributed by atoms with Crippen molar-refractivity contribution in [2.45, 2.75) is 19.3 Å². The van der Waals surface area contributed by atoms with Crippen LogP contribution < -0.4 is 10.2 Å². The SMILES string of the molecule is Cc1nc(-c2ccc(OC3=NN4C(=NNC4C(F)(F)F)C=C3)cc2)no1. The molecule has 1 aromatic heterocycles. The summed E-state index contributed by atoms with van der Waals surface area (Å²) in [6, 6.07) is 6.67. The molecule has 26 heavy (non-hydrogen) atoms. The lowest BCUT2D eigenvalue weighted by molar-refractivity contribution is -0.178. The molecule has 0 bridgehead atoms. The summed E-state index contributed by atoms with van der Waals surface area (Å²) in [7, 11) is 0. The van der Waals surface area contributed by atoms with Crippen LogP contribution in [0.2, 0.25) is 0 Å². The predicted octanol–water partition coefficient (Wildman–Crippen LogP) is 2.41. The Morgan fingerprint density at radius 2 is 1.96 bits per heavy atom. The van der Waals surface area contributed by atoms with Gasteiger partial charge in [0.15, 0.2) is 5.84 Å². The Balaban J connectivity index is 1.50. The van der Waals surface area contributed by atoms with Gasteiger partial charge in [-0.3, -0.25) is 5.43 Å². The lowest BCUT2D eigenvalue weighted by Crippen LogP contribution is -2.48. The van der Waals surface area contributed by atoms with E-state index in [9.17, 15) is 13.2 Å². The smallest absolute Gasteiger partial charge is 0.430 e.